The standard InChI is InChI=1S/C11H19FO/c1-4-7-9(5-2)8-11(13)10(12)6-3/h6,8-9,13H,4-5,7H2,1-3H3/b10-6+,11-8+. The predicted octanol–water partition coefficient (Wildman–Crippen LogP) is 4.13. The molecule has 0 saturated carbocycles. The Kier molecular flexibility index (Phi) is 6.29. The minimum absolute atomic E-state index is 0.220. The van der Waals surface area contributed by atoms with E-state index in [4.69, 9.17) is 0 Å². The SMILES string of the molecule is C/C=C(F)\C(O)=C/C(CC)CCC. The Morgan fingerprint density at radius 3 is 2.46 bits per heavy atom. The summed E-state index contributed by atoms with van der Waals surface area (Å²) in [5.41, 5.74) is 0. The Hall–Kier alpha value is -0.790. The van der Waals surface area contributed by atoms with Gasteiger partial charge in [-0.3, -0.25) is 0 Å². The lowest BCUT2D eigenvalue weighted by Gasteiger charge is -2.08. The Morgan fingerprint density at radius 2 is 2.08 bits per heavy atom. The van der Waals surface area contributed by atoms with Crippen LogP contribution in [0.2, 0.25) is 0 Å². The van der Waals surface area contributed by atoms with Gasteiger partial charge in [-0.1, -0.05) is 20.3 Å². The zero-order valence-corrected chi connectivity index (χ0v) is 8.68. The van der Waals surface area contributed by atoms with Crippen LogP contribution in [0, 0.1) is 5.92 Å². The molecule has 1 N–H and O–H groups in total. The Morgan fingerprint density at radius 1 is 1.46 bits per heavy atom. The summed E-state index contributed by atoms with van der Waals surface area (Å²) in [6, 6.07) is 0. The van der Waals surface area contributed by atoms with E-state index < -0.39 is 5.83 Å². The number of rotatable bonds is 5. The lowest BCUT2D eigenvalue weighted by Crippen LogP contribution is -1.96. The average molecular weight is 186 g/mol. The van der Waals surface area contributed by atoms with Gasteiger partial charge in [-0.2, -0.15) is 0 Å². The molecule has 2 heteroatoms. The highest BCUT2D eigenvalue weighted by Crippen LogP contribution is 2.17. The Bertz CT molecular complexity index is 194. The molecule has 0 aliphatic rings. The average Bonchev–Trinajstić information content (AvgIpc) is 2.15. The van der Waals surface area contributed by atoms with Crippen LogP contribution in [0.4, 0.5) is 4.39 Å². The summed E-state index contributed by atoms with van der Waals surface area (Å²) in [5, 5.41) is 9.26. The van der Waals surface area contributed by atoms with Crippen LogP contribution in [0.3, 0.4) is 0 Å². The molecule has 0 amide bonds. The lowest BCUT2D eigenvalue weighted by atomic mass is 10.00. The van der Waals surface area contributed by atoms with Gasteiger partial charge in [-0.15, -0.1) is 0 Å². The number of allylic oxidation sites excluding steroid dienone is 3. The molecule has 0 aromatic carbocycles. The van der Waals surface area contributed by atoms with Gasteiger partial charge in [0, 0.05) is 0 Å². The van der Waals surface area contributed by atoms with Crippen molar-refractivity contribution in [3.63, 3.8) is 0 Å². The Balaban J connectivity index is 4.32. The van der Waals surface area contributed by atoms with Crippen LogP contribution in [0.1, 0.15) is 40.0 Å². The molecule has 0 spiro atoms. The quantitative estimate of drug-likeness (QED) is 0.505. The first kappa shape index (κ1) is 12.2. The van der Waals surface area contributed by atoms with E-state index in [-0.39, 0.29) is 11.7 Å². The summed E-state index contributed by atoms with van der Waals surface area (Å²) < 4.78 is 12.8. The van der Waals surface area contributed by atoms with E-state index in [0.717, 1.165) is 19.3 Å². The number of aliphatic hydroxyl groups is 1. The number of hydrogen-bond acceptors (Lipinski definition) is 1. The second-order valence-corrected chi connectivity index (χ2v) is 3.15. The molecule has 0 aliphatic carbocycles. The molecule has 0 aromatic rings. The van der Waals surface area contributed by atoms with Crippen molar-refractivity contribution in [1.82, 2.24) is 0 Å². The fourth-order valence-electron chi connectivity index (χ4n) is 1.23. The van der Waals surface area contributed by atoms with Crippen LogP contribution < -0.4 is 0 Å². The summed E-state index contributed by atoms with van der Waals surface area (Å²) >= 11 is 0. The molecule has 13 heavy (non-hydrogen) atoms. The van der Waals surface area contributed by atoms with Crippen molar-refractivity contribution in [2.24, 2.45) is 5.92 Å². The third-order valence-electron chi connectivity index (χ3n) is 2.08. The molecule has 76 valence electrons. The van der Waals surface area contributed by atoms with Gasteiger partial charge in [0.05, 0.1) is 0 Å². The maximum atomic E-state index is 12.8. The molecular formula is C11H19FO. The minimum atomic E-state index is -0.533. The van der Waals surface area contributed by atoms with Gasteiger partial charge in [0.1, 0.15) is 5.76 Å². The number of hydrogen-bond donors (Lipinski definition) is 1. The van der Waals surface area contributed by atoms with E-state index in [1.807, 2.05) is 6.92 Å². The highest BCUT2D eigenvalue weighted by molar-refractivity contribution is 5.17. The summed E-state index contributed by atoms with van der Waals surface area (Å²) in [7, 11) is 0. The second kappa shape index (κ2) is 6.70. The fraction of sp³-hybridized carbons (Fsp3) is 0.636. The Labute approximate surface area is 80.0 Å². The van der Waals surface area contributed by atoms with Gasteiger partial charge in [0.2, 0.25) is 0 Å². The van der Waals surface area contributed by atoms with E-state index in [1.54, 1.807) is 13.0 Å². The molecule has 0 rings (SSSR count). The van der Waals surface area contributed by atoms with E-state index in [9.17, 15) is 9.50 Å². The molecule has 1 unspecified atom stereocenters. The first-order valence-corrected chi connectivity index (χ1v) is 4.88. The van der Waals surface area contributed by atoms with Crippen molar-refractivity contribution in [2.45, 2.75) is 40.0 Å². The normalized spacial score (nSPS) is 16.0. The van der Waals surface area contributed by atoms with Gasteiger partial charge < -0.3 is 5.11 Å². The van der Waals surface area contributed by atoms with Gasteiger partial charge >= 0.3 is 0 Å². The summed E-state index contributed by atoms with van der Waals surface area (Å²) in [6.07, 6.45) is 5.87. The smallest absolute Gasteiger partial charge is 0.160 e. The zero-order chi connectivity index (χ0) is 10.3. The summed E-state index contributed by atoms with van der Waals surface area (Å²) in [5.74, 6) is -0.465. The third-order valence-corrected chi connectivity index (χ3v) is 2.08. The monoisotopic (exact) mass is 186 g/mol. The van der Waals surface area contributed by atoms with E-state index in [0.29, 0.717) is 0 Å². The first-order chi connectivity index (χ1) is 6.15. The van der Waals surface area contributed by atoms with Crippen molar-refractivity contribution < 1.29 is 9.50 Å². The van der Waals surface area contributed by atoms with Gasteiger partial charge in [-0.25, -0.2) is 4.39 Å². The molecule has 0 aromatic heterocycles. The van der Waals surface area contributed by atoms with Crippen molar-refractivity contribution in [3.8, 4) is 0 Å². The number of halogens is 1. The molecule has 0 aliphatic heterocycles. The van der Waals surface area contributed by atoms with Crippen LogP contribution in [0.25, 0.3) is 0 Å². The van der Waals surface area contributed by atoms with Crippen LogP contribution in [-0.2, 0) is 0 Å². The molecule has 0 bridgehead atoms. The highest BCUT2D eigenvalue weighted by atomic mass is 19.1. The molecule has 0 heterocycles. The van der Waals surface area contributed by atoms with Crippen molar-refractivity contribution in [2.75, 3.05) is 0 Å². The van der Waals surface area contributed by atoms with E-state index >= 15 is 0 Å². The summed E-state index contributed by atoms with van der Waals surface area (Å²) in [6.45, 7) is 5.69. The molecule has 1 nitrogen and oxygen atoms in total. The zero-order valence-electron chi connectivity index (χ0n) is 8.68. The van der Waals surface area contributed by atoms with Crippen LogP contribution in [0.5, 0.6) is 0 Å². The topological polar surface area (TPSA) is 20.2 Å². The highest BCUT2D eigenvalue weighted by Gasteiger charge is 2.05. The second-order valence-electron chi connectivity index (χ2n) is 3.15. The van der Waals surface area contributed by atoms with Gasteiger partial charge in [0.15, 0.2) is 5.83 Å². The molecule has 0 radical (unpaired) electrons. The third kappa shape index (κ3) is 4.71. The van der Waals surface area contributed by atoms with Gasteiger partial charge in [-0.05, 0) is 37.8 Å². The maximum Gasteiger partial charge on any atom is 0.160 e. The fourth-order valence-corrected chi connectivity index (χ4v) is 1.23. The van der Waals surface area contributed by atoms with Crippen molar-refractivity contribution >= 4 is 0 Å². The van der Waals surface area contributed by atoms with Crippen molar-refractivity contribution in [1.29, 1.82) is 0 Å². The molecule has 1 atom stereocenters. The van der Waals surface area contributed by atoms with E-state index in [1.165, 1.54) is 6.08 Å². The predicted molar refractivity (Wildman–Crippen MR) is 54.3 cm³/mol. The van der Waals surface area contributed by atoms with Gasteiger partial charge in [0.25, 0.3) is 0 Å². The number of aliphatic hydroxyl groups excluding tert-OH is 1. The van der Waals surface area contributed by atoms with Crippen LogP contribution in [0.15, 0.2) is 23.7 Å². The first-order valence-electron chi connectivity index (χ1n) is 4.88. The molecular weight excluding hydrogens is 167 g/mol. The minimum Gasteiger partial charge on any atom is -0.505 e. The van der Waals surface area contributed by atoms with Crippen LogP contribution >= 0.6 is 0 Å². The summed E-state index contributed by atoms with van der Waals surface area (Å²) in [4.78, 5) is 0. The molecule has 0 fully saturated rings. The molecule has 0 saturated heterocycles. The van der Waals surface area contributed by atoms with E-state index in [2.05, 4.69) is 6.92 Å². The largest absolute Gasteiger partial charge is 0.505 e. The maximum absolute atomic E-state index is 12.8. The van der Waals surface area contributed by atoms with Crippen molar-refractivity contribution in [3.05, 3.63) is 23.7 Å². The lowest BCUT2D eigenvalue weighted by molar-refractivity contribution is 0.377. The van der Waals surface area contributed by atoms with Crippen LogP contribution in [-0.4, -0.2) is 5.11 Å².